The molecule has 140 valence electrons. The van der Waals surface area contributed by atoms with Gasteiger partial charge in [-0.25, -0.2) is 4.98 Å². The van der Waals surface area contributed by atoms with Gasteiger partial charge in [-0.05, 0) is 70.4 Å². The maximum Gasteiger partial charge on any atom is 0.0740 e. The number of nitrogens with zero attached hydrogens (tertiary/aromatic N) is 2. The van der Waals surface area contributed by atoms with Crippen LogP contribution in [0.1, 0.15) is 30.5 Å². The fraction of sp³-hybridized carbons (Fsp3) is 0.526. The number of likely N-dealkylation sites (tertiary alicyclic amines) is 1. The van der Waals surface area contributed by atoms with Crippen LogP contribution in [0.25, 0.3) is 10.9 Å². The lowest BCUT2D eigenvalue weighted by molar-refractivity contribution is 0.171. The number of halogens is 3. The van der Waals surface area contributed by atoms with Gasteiger partial charge in [0.05, 0.1) is 16.2 Å². The Morgan fingerprint density at radius 1 is 1.20 bits per heavy atom. The van der Waals surface area contributed by atoms with Crippen molar-refractivity contribution in [2.24, 2.45) is 5.92 Å². The van der Waals surface area contributed by atoms with Crippen LogP contribution in [-0.2, 0) is 6.54 Å². The number of aromatic nitrogens is 1. The molecule has 1 N–H and O–H groups in total. The number of aryl methyl sites for hydroxylation is 1. The number of para-hydroxylation sites is 1. The molecule has 1 saturated heterocycles. The highest BCUT2D eigenvalue weighted by atomic mass is 35.5. The average Bonchev–Trinajstić information content (AvgIpc) is 2.59. The Morgan fingerprint density at radius 3 is 2.56 bits per heavy atom. The summed E-state index contributed by atoms with van der Waals surface area (Å²) in [7, 11) is 2.03. The van der Waals surface area contributed by atoms with Gasteiger partial charge in [-0.15, -0.1) is 24.8 Å². The Kier molecular flexibility index (Phi) is 9.47. The van der Waals surface area contributed by atoms with Crippen LogP contribution in [-0.4, -0.2) is 36.6 Å². The highest BCUT2D eigenvalue weighted by Gasteiger charge is 2.20. The van der Waals surface area contributed by atoms with E-state index < -0.39 is 0 Å². The molecule has 1 fully saturated rings. The van der Waals surface area contributed by atoms with Crippen molar-refractivity contribution in [3.63, 3.8) is 0 Å². The van der Waals surface area contributed by atoms with Gasteiger partial charge in [0, 0.05) is 11.9 Å². The molecule has 25 heavy (non-hydrogen) atoms. The summed E-state index contributed by atoms with van der Waals surface area (Å²) in [5.41, 5.74) is 3.22. The van der Waals surface area contributed by atoms with Crippen molar-refractivity contribution in [3.8, 4) is 0 Å². The monoisotopic (exact) mass is 403 g/mol. The molecule has 0 spiro atoms. The van der Waals surface area contributed by atoms with Gasteiger partial charge >= 0.3 is 0 Å². The summed E-state index contributed by atoms with van der Waals surface area (Å²) < 4.78 is 0. The van der Waals surface area contributed by atoms with Crippen LogP contribution in [0.2, 0.25) is 5.02 Å². The topological polar surface area (TPSA) is 28.2 Å². The van der Waals surface area contributed by atoms with E-state index in [1.165, 1.54) is 19.3 Å². The molecule has 0 radical (unpaired) electrons. The number of hydrogen-bond acceptors (Lipinski definition) is 3. The van der Waals surface area contributed by atoms with E-state index in [1.807, 2.05) is 19.2 Å². The van der Waals surface area contributed by atoms with Crippen molar-refractivity contribution in [1.29, 1.82) is 0 Å². The molecule has 2 aromatic rings. The number of benzene rings is 1. The van der Waals surface area contributed by atoms with Crippen LogP contribution < -0.4 is 5.32 Å². The van der Waals surface area contributed by atoms with Crippen molar-refractivity contribution in [1.82, 2.24) is 15.2 Å². The predicted molar refractivity (Wildman–Crippen MR) is 113 cm³/mol. The van der Waals surface area contributed by atoms with Crippen LogP contribution in [0.15, 0.2) is 24.3 Å². The fourth-order valence-corrected chi connectivity index (χ4v) is 3.72. The largest absolute Gasteiger partial charge is 0.320 e. The molecule has 0 atom stereocenters. The Labute approximate surface area is 168 Å². The number of nitrogens with one attached hydrogen (secondary N) is 1. The second-order valence-electron chi connectivity index (χ2n) is 6.63. The van der Waals surface area contributed by atoms with Gasteiger partial charge in [0.1, 0.15) is 0 Å². The second kappa shape index (κ2) is 10.5. The van der Waals surface area contributed by atoms with Crippen molar-refractivity contribution in [2.75, 3.05) is 26.7 Å². The molecule has 1 aromatic heterocycles. The first-order valence-corrected chi connectivity index (χ1v) is 8.97. The zero-order chi connectivity index (χ0) is 16.2. The van der Waals surface area contributed by atoms with E-state index in [2.05, 4.69) is 29.3 Å². The third-order valence-electron chi connectivity index (χ3n) is 5.03. The Bertz CT molecular complexity index is 670. The zero-order valence-corrected chi connectivity index (χ0v) is 17.3. The third kappa shape index (κ3) is 5.45. The van der Waals surface area contributed by atoms with E-state index in [1.54, 1.807) is 0 Å². The number of rotatable bonds is 5. The molecule has 0 amide bonds. The third-order valence-corrected chi connectivity index (χ3v) is 5.53. The van der Waals surface area contributed by atoms with Gasteiger partial charge in [0.2, 0.25) is 0 Å². The highest BCUT2D eigenvalue weighted by Crippen LogP contribution is 2.29. The van der Waals surface area contributed by atoms with E-state index in [0.29, 0.717) is 0 Å². The summed E-state index contributed by atoms with van der Waals surface area (Å²) in [6, 6.07) is 8.26. The van der Waals surface area contributed by atoms with Crippen LogP contribution in [0.4, 0.5) is 0 Å². The first kappa shape index (κ1) is 22.5. The van der Waals surface area contributed by atoms with Crippen LogP contribution in [0.5, 0.6) is 0 Å². The predicted octanol–water partition coefficient (Wildman–Crippen LogP) is 4.86. The summed E-state index contributed by atoms with van der Waals surface area (Å²) in [4.78, 5) is 7.31. The second-order valence-corrected chi connectivity index (χ2v) is 7.00. The molecule has 1 aliphatic rings. The summed E-state index contributed by atoms with van der Waals surface area (Å²) in [6.07, 6.45) is 3.86. The average molecular weight is 405 g/mol. The molecular weight excluding hydrogens is 377 g/mol. The molecule has 3 nitrogen and oxygen atoms in total. The number of fused-ring (bicyclic) bond motifs is 1. The van der Waals surface area contributed by atoms with Crippen molar-refractivity contribution < 1.29 is 0 Å². The minimum atomic E-state index is 0. The summed E-state index contributed by atoms with van der Waals surface area (Å²) in [5, 5.41) is 5.25. The SMILES string of the molecule is CNCCC1CCN(Cc2nc3ccccc3c(C)c2Cl)CC1.Cl.Cl. The van der Waals surface area contributed by atoms with Gasteiger partial charge < -0.3 is 5.32 Å². The van der Waals surface area contributed by atoms with Crippen molar-refractivity contribution in [2.45, 2.75) is 32.7 Å². The van der Waals surface area contributed by atoms with Gasteiger partial charge in [-0.3, -0.25) is 4.90 Å². The minimum Gasteiger partial charge on any atom is -0.320 e. The van der Waals surface area contributed by atoms with E-state index in [9.17, 15) is 0 Å². The van der Waals surface area contributed by atoms with E-state index in [4.69, 9.17) is 16.6 Å². The molecule has 0 bridgehead atoms. The van der Waals surface area contributed by atoms with Gasteiger partial charge in [-0.2, -0.15) is 0 Å². The molecule has 1 aromatic carbocycles. The molecule has 0 aliphatic carbocycles. The maximum absolute atomic E-state index is 6.59. The van der Waals surface area contributed by atoms with E-state index in [-0.39, 0.29) is 24.8 Å². The normalized spacial score (nSPS) is 15.6. The van der Waals surface area contributed by atoms with Gasteiger partial charge in [0.25, 0.3) is 0 Å². The molecule has 6 heteroatoms. The standard InChI is InChI=1S/C19H26ClN3.2ClH/c1-14-16-5-3-4-6-17(16)22-18(19(14)20)13-23-11-8-15(9-12-23)7-10-21-2;;/h3-6,15,21H,7-13H2,1-2H3;2*1H. The van der Waals surface area contributed by atoms with Gasteiger partial charge in [0.15, 0.2) is 0 Å². The molecular formula is C19H28Cl3N3. The number of hydrogen-bond donors (Lipinski definition) is 1. The summed E-state index contributed by atoms with van der Waals surface area (Å²) >= 11 is 6.59. The Balaban J connectivity index is 0.00000156. The lowest BCUT2D eigenvalue weighted by Gasteiger charge is -2.32. The number of piperidine rings is 1. The van der Waals surface area contributed by atoms with Crippen LogP contribution in [0, 0.1) is 12.8 Å². The molecule has 0 unspecified atom stereocenters. The molecule has 3 rings (SSSR count). The first-order valence-electron chi connectivity index (χ1n) is 8.59. The highest BCUT2D eigenvalue weighted by molar-refractivity contribution is 6.32. The summed E-state index contributed by atoms with van der Waals surface area (Å²) in [5.74, 6) is 0.862. The lowest BCUT2D eigenvalue weighted by atomic mass is 9.93. The lowest BCUT2D eigenvalue weighted by Crippen LogP contribution is -2.34. The smallest absolute Gasteiger partial charge is 0.0740 e. The summed E-state index contributed by atoms with van der Waals surface area (Å²) in [6.45, 7) is 6.39. The molecule has 1 aliphatic heterocycles. The van der Waals surface area contributed by atoms with Crippen LogP contribution in [0.3, 0.4) is 0 Å². The van der Waals surface area contributed by atoms with Crippen LogP contribution >= 0.6 is 36.4 Å². The number of pyridine rings is 1. The molecule has 2 heterocycles. The Morgan fingerprint density at radius 2 is 1.88 bits per heavy atom. The first-order chi connectivity index (χ1) is 11.2. The molecule has 0 saturated carbocycles. The maximum atomic E-state index is 6.59. The van der Waals surface area contributed by atoms with Crippen molar-refractivity contribution in [3.05, 3.63) is 40.5 Å². The van der Waals surface area contributed by atoms with E-state index in [0.717, 1.165) is 59.3 Å². The Hall–Kier alpha value is -0.580. The van der Waals surface area contributed by atoms with E-state index >= 15 is 0 Å². The quantitative estimate of drug-likeness (QED) is 0.771. The minimum absolute atomic E-state index is 0. The zero-order valence-electron chi connectivity index (χ0n) is 14.9. The van der Waals surface area contributed by atoms with Crippen molar-refractivity contribution >= 4 is 47.3 Å². The van der Waals surface area contributed by atoms with Gasteiger partial charge in [-0.1, -0.05) is 29.8 Å². The fourth-order valence-electron chi connectivity index (χ4n) is 3.52.